The van der Waals surface area contributed by atoms with E-state index in [0.717, 1.165) is 23.6 Å². The second-order valence-electron chi connectivity index (χ2n) is 3.48. The maximum atomic E-state index is 5.85. The molecule has 2 N–H and O–H groups in total. The van der Waals surface area contributed by atoms with Gasteiger partial charge >= 0.3 is 0 Å². The Morgan fingerprint density at radius 1 is 1.31 bits per heavy atom. The quantitative estimate of drug-likeness (QED) is 0.790. The Morgan fingerprint density at radius 2 is 2.00 bits per heavy atom. The Labute approximate surface area is 99.8 Å². The van der Waals surface area contributed by atoms with Gasteiger partial charge in [0.25, 0.3) is 5.95 Å². The fraction of sp³-hybridized carbons (Fsp3) is 0.444. The lowest BCUT2D eigenvalue weighted by atomic mass is 10.4. The highest BCUT2D eigenvalue weighted by Crippen LogP contribution is 2.09. The van der Waals surface area contributed by atoms with Crippen molar-refractivity contribution < 1.29 is 0 Å². The minimum Gasteiger partial charge on any atom is -0.335 e. The lowest BCUT2D eigenvalue weighted by molar-refractivity contribution is 0.733. The molecular weight excluding hydrogens is 228 g/mol. The molecule has 0 bridgehead atoms. The smallest absolute Gasteiger partial charge is 0.270 e. The number of hydrogen-bond acceptors (Lipinski definition) is 4. The number of halogens is 1. The van der Waals surface area contributed by atoms with E-state index >= 15 is 0 Å². The Kier molecular flexibility index (Phi) is 3.54. The summed E-state index contributed by atoms with van der Waals surface area (Å²) in [6.45, 7) is 5.88. The van der Waals surface area contributed by atoms with Crippen molar-refractivity contribution >= 4 is 12.4 Å². The average molecular weight is 243 g/mol. The molecule has 88 valence electrons. The normalized spacial score (nSPS) is 10.2. The molecule has 0 aromatic carbocycles. The van der Waals surface area contributed by atoms with E-state index in [1.165, 1.54) is 4.68 Å². The van der Waals surface area contributed by atoms with Crippen LogP contribution in [0.2, 0.25) is 0 Å². The third-order valence-electron chi connectivity index (χ3n) is 2.26. The fourth-order valence-electron chi connectivity index (χ4n) is 1.53. The van der Waals surface area contributed by atoms with Gasteiger partial charge in [-0.3, -0.25) is 0 Å². The topological polar surface area (TPSA) is 74.5 Å². The number of nitrogens with two attached hydrogens (primary N) is 1. The molecule has 6 nitrogen and oxygen atoms in total. The van der Waals surface area contributed by atoms with E-state index in [-0.39, 0.29) is 12.4 Å². The summed E-state index contributed by atoms with van der Waals surface area (Å²) < 4.78 is 3.17. The first-order chi connectivity index (χ1) is 7.13. The molecule has 16 heavy (non-hydrogen) atoms. The monoisotopic (exact) mass is 242 g/mol. The Bertz CT molecular complexity index is 486. The van der Waals surface area contributed by atoms with E-state index in [1.54, 1.807) is 4.68 Å². The molecule has 0 aliphatic carbocycles. The largest absolute Gasteiger partial charge is 0.335 e. The number of aryl methyl sites for hydroxylation is 3. The van der Waals surface area contributed by atoms with Crippen molar-refractivity contribution in [3.8, 4) is 5.95 Å². The van der Waals surface area contributed by atoms with Gasteiger partial charge in [-0.2, -0.15) is 5.10 Å². The fourth-order valence-corrected chi connectivity index (χ4v) is 1.53. The number of hydrogen-bond donors (Lipinski definition) is 1. The van der Waals surface area contributed by atoms with Gasteiger partial charge in [0.2, 0.25) is 0 Å². The molecule has 0 atom stereocenters. The summed E-state index contributed by atoms with van der Waals surface area (Å²) in [6.07, 6.45) is 0.753. The summed E-state index contributed by atoms with van der Waals surface area (Å²) in [5.41, 5.74) is 1.93. The van der Waals surface area contributed by atoms with Crippen LogP contribution >= 0.6 is 12.4 Å². The van der Waals surface area contributed by atoms with Gasteiger partial charge in [0.15, 0.2) is 5.82 Å². The predicted octanol–water partition coefficient (Wildman–Crippen LogP) is 0.779. The van der Waals surface area contributed by atoms with Crippen molar-refractivity contribution in [3.05, 3.63) is 23.3 Å². The van der Waals surface area contributed by atoms with Crippen LogP contribution in [0.5, 0.6) is 0 Å². The summed E-state index contributed by atoms with van der Waals surface area (Å²) in [5.74, 6) is 7.16. The predicted molar refractivity (Wildman–Crippen MR) is 63.4 cm³/mol. The minimum atomic E-state index is 0. The van der Waals surface area contributed by atoms with E-state index in [9.17, 15) is 0 Å². The van der Waals surface area contributed by atoms with Crippen LogP contribution in [0.4, 0.5) is 0 Å². The maximum Gasteiger partial charge on any atom is 0.270 e. The van der Waals surface area contributed by atoms with Gasteiger partial charge in [0, 0.05) is 12.1 Å². The van der Waals surface area contributed by atoms with Crippen molar-refractivity contribution in [1.29, 1.82) is 0 Å². The first-order valence-corrected chi connectivity index (χ1v) is 4.86. The molecule has 0 radical (unpaired) electrons. The molecule has 0 unspecified atom stereocenters. The van der Waals surface area contributed by atoms with Gasteiger partial charge in [-0.15, -0.1) is 22.6 Å². The third-order valence-corrected chi connectivity index (χ3v) is 2.26. The van der Waals surface area contributed by atoms with Gasteiger partial charge in [0.1, 0.15) is 0 Å². The minimum absolute atomic E-state index is 0. The van der Waals surface area contributed by atoms with Crippen LogP contribution in [0.1, 0.15) is 24.1 Å². The van der Waals surface area contributed by atoms with Crippen LogP contribution in [-0.2, 0) is 6.42 Å². The molecule has 2 heterocycles. The van der Waals surface area contributed by atoms with Crippen molar-refractivity contribution in [3.63, 3.8) is 0 Å². The highest BCUT2D eigenvalue weighted by atomic mass is 35.5. The van der Waals surface area contributed by atoms with Gasteiger partial charge in [-0.25, -0.2) is 9.36 Å². The Hall–Kier alpha value is -1.56. The number of rotatable bonds is 2. The van der Waals surface area contributed by atoms with Gasteiger partial charge in [-0.1, -0.05) is 6.92 Å². The zero-order valence-electron chi connectivity index (χ0n) is 9.51. The molecule has 0 aliphatic heterocycles. The second-order valence-corrected chi connectivity index (χ2v) is 3.48. The van der Waals surface area contributed by atoms with Crippen molar-refractivity contribution in [2.45, 2.75) is 27.2 Å². The van der Waals surface area contributed by atoms with Gasteiger partial charge in [-0.05, 0) is 19.9 Å². The van der Waals surface area contributed by atoms with Crippen LogP contribution in [0.15, 0.2) is 6.07 Å². The van der Waals surface area contributed by atoms with Crippen LogP contribution < -0.4 is 5.84 Å². The van der Waals surface area contributed by atoms with E-state index < -0.39 is 0 Å². The first kappa shape index (κ1) is 12.5. The SMILES string of the molecule is CCc1nnc(-n2nc(C)cc2C)n1N.Cl. The van der Waals surface area contributed by atoms with Crippen LogP contribution in [0.25, 0.3) is 5.95 Å². The molecule has 0 saturated carbocycles. The summed E-state index contributed by atoms with van der Waals surface area (Å²) in [6, 6.07) is 1.97. The summed E-state index contributed by atoms with van der Waals surface area (Å²) >= 11 is 0. The molecular formula is C9H15ClN6. The summed E-state index contributed by atoms with van der Waals surface area (Å²) in [7, 11) is 0. The second kappa shape index (κ2) is 4.52. The zero-order chi connectivity index (χ0) is 11.0. The molecule has 7 heteroatoms. The average Bonchev–Trinajstić information content (AvgIpc) is 2.69. The van der Waals surface area contributed by atoms with Crippen molar-refractivity contribution in [2.24, 2.45) is 0 Å². The Morgan fingerprint density at radius 3 is 2.44 bits per heavy atom. The van der Waals surface area contributed by atoms with Crippen LogP contribution in [0.3, 0.4) is 0 Å². The molecule has 2 aromatic rings. The van der Waals surface area contributed by atoms with E-state index in [4.69, 9.17) is 5.84 Å². The molecule has 2 rings (SSSR count). The Balaban J connectivity index is 0.00000128. The lowest BCUT2D eigenvalue weighted by Gasteiger charge is -2.03. The van der Waals surface area contributed by atoms with Crippen LogP contribution in [-0.4, -0.2) is 24.7 Å². The van der Waals surface area contributed by atoms with Crippen LogP contribution in [0, 0.1) is 13.8 Å². The standard InChI is InChI=1S/C9H14N6.ClH/c1-4-8-11-12-9(14(8)10)15-7(3)5-6(2)13-15;/h5H,4,10H2,1-3H3;1H. The third kappa shape index (κ3) is 1.88. The van der Waals surface area contributed by atoms with Crippen molar-refractivity contribution in [2.75, 3.05) is 5.84 Å². The number of nitrogens with zero attached hydrogens (tertiary/aromatic N) is 5. The number of aromatic nitrogens is 5. The van der Waals surface area contributed by atoms with Crippen molar-refractivity contribution in [1.82, 2.24) is 24.7 Å². The van der Waals surface area contributed by atoms with E-state index in [0.29, 0.717) is 5.95 Å². The van der Waals surface area contributed by atoms with E-state index in [1.807, 2.05) is 26.8 Å². The molecule has 0 amide bonds. The zero-order valence-corrected chi connectivity index (χ0v) is 10.3. The molecule has 2 aromatic heterocycles. The summed E-state index contributed by atoms with van der Waals surface area (Å²) in [4.78, 5) is 0. The maximum absolute atomic E-state index is 5.85. The first-order valence-electron chi connectivity index (χ1n) is 4.86. The molecule has 0 spiro atoms. The van der Waals surface area contributed by atoms with Gasteiger partial charge in [0.05, 0.1) is 5.69 Å². The highest BCUT2D eigenvalue weighted by Gasteiger charge is 2.12. The van der Waals surface area contributed by atoms with Gasteiger partial charge < -0.3 is 5.84 Å². The molecule has 0 aliphatic rings. The number of nitrogen functional groups attached to an aromatic ring is 1. The van der Waals surface area contributed by atoms with E-state index in [2.05, 4.69) is 15.3 Å². The molecule has 0 fully saturated rings. The summed E-state index contributed by atoms with van der Waals surface area (Å²) in [5, 5.41) is 12.3. The lowest BCUT2D eigenvalue weighted by Crippen LogP contribution is -2.18. The highest BCUT2D eigenvalue weighted by molar-refractivity contribution is 5.85. The molecule has 0 saturated heterocycles.